The fraction of sp³-hybridized carbons (Fsp3) is 0.857. The minimum Gasteiger partial charge on any atom is -0.315 e. The summed E-state index contributed by atoms with van der Waals surface area (Å²) in [5.41, 5.74) is 2.55. The number of carbonyl (C=O) groups is 1. The summed E-state index contributed by atoms with van der Waals surface area (Å²) >= 11 is 0. The Labute approximate surface area is 66.9 Å². The molecule has 0 spiro atoms. The Balaban J connectivity index is 2.40. The number of nitrogens with one attached hydrogen (secondary N) is 2. The van der Waals surface area contributed by atoms with E-state index in [4.69, 9.17) is 0 Å². The Kier molecular flexibility index (Phi) is 2.15. The van der Waals surface area contributed by atoms with Crippen LogP contribution in [0.15, 0.2) is 0 Å². The third-order valence-electron chi connectivity index (χ3n) is 1.90. The first-order valence-electron chi connectivity index (χ1n) is 3.74. The number of amides is 1. The van der Waals surface area contributed by atoms with E-state index in [1.807, 2.05) is 21.0 Å². The average molecular weight is 157 g/mol. The van der Waals surface area contributed by atoms with Gasteiger partial charge in [0.2, 0.25) is 5.91 Å². The van der Waals surface area contributed by atoms with Gasteiger partial charge in [0.1, 0.15) is 0 Å². The van der Waals surface area contributed by atoms with E-state index in [1.54, 1.807) is 5.01 Å². The Morgan fingerprint density at radius 2 is 2.09 bits per heavy atom. The summed E-state index contributed by atoms with van der Waals surface area (Å²) in [6, 6.07) is 0. The van der Waals surface area contributed by atoms with E-state index in [0.717, 1.165) is 13.1 Å². The number of nitrogens with zero attached hydrogens (tertiary/aromatic N) is 1. The summed E-state index contributed by atoms with van der Waals surface area (Å²) in [7, 11) is 3.63. The van der Waals surface area contributed by atoms with Crippen LogP contribution in [-0.2, 0) is 4.79 Å². The molecule has 0 aromatic carbocycles. The highest BCUT2D eigenvalue weighted by Crippen LogP contribution is 2.20. The van der Waals surface area contributed by atoms with Gasteiger partial charge in [-0.15, -0.1) is 0 Å². The summed E-state index contributed by atoms with van der Waals surface area (Å²) in [5, 5.41) is 4.75. The summed E-state index contributed by atoms with van der Waals surface area (Å²) in [4.78, 5) is 11.4. The smallest absolute Gasteiger partial charge is 0.242 e. The molecule has 1 heterocycles. The molecule has 64 valence electrons. The second kappa shape index (κ2) is 2.79. The largest absolute Gasteiger partial charge is 0.315 e. The fourth-order valence-electron chi connectivity index (χ4n) is 0.999. The average Bonchev–Trinajstić information content (AvgIpc) is 1.81. The van der Waals surface area contributed by atoms with E-state index in [9.17, 15) is 4.79 Å². The monoisotopic (exact) mass is 157 g/mol. The molecule has 1 amide bonds. The second-order valence-corrected chi connectivity index (χ2v) is 3.50. The lowest BCUT2D eigenvalue weighted by molar-refractivity contribution is -0.136. The number of carbonyl (C=O) groups excluding carboxylic acids is 1. The van der Waals surface area contributed by atoms with E-state index >= 15 is 0 Å². The molecule has 4 nitrogen and oxygen atoms in total. The maximum atomic E-state index is 11.4. The zero-order valence-electron chi connectivity index (χ0n) is 7.27. The molecule has 2 N–H and O–H groups in total. The normalized spacial score (nSPS) is 21.1. The molecule has 1 saturated heterocycles. The molecule has 1 aliphatic heterocycles. The van der Waals surface area contributed by atoms with E-state index in [1.165, 1.54) is 0 Å². The van der Waals surface area contributed by atoms with E-state index in [2.05, 4.69) is 10.7 Å². The Hall–Kier alpha value is -0.610. The van der Waals surface area contributed by atoms with Crippen molar-refractivity contribution >= 4 is 5.91 Å². The van der Waals surface area contributed by atoms with Crippen molar-refractivity contribution in [3.05, 3.63) is 0 Å². The van der Waals surface area contributed by atoms with Gasteiger partial charge in [0.25, 0.3) is 0 Å². The first-order chi connectivity index (χ1) is 5.04. The molecule has 0 aliphatic carbocycles. The lowest BCUT2D eigenvalue weighted by Crippen LogP contribution is -2.61. The van der Waals surface area contributed by atoms with Gasteiger partial charge in [-0.25, -0.2) is 5.01 Å². The second-order valence-electron chi connectivity index (χ2n) is 3.50. The minimum atomic E-state index is -0.190. The molecule has 0 saturated carbocycles. The van der Waals surface area contributed by atoms with Gasteiger partial charge in [0.05, 0.1) is 5.41 Å². The van der Waals surface area contributed by atoms with Crippen molar-refractivity contribution in [3.8, 4) is 0 Å². The third-order valence-corrected chi connectivity index (χ3v) is 1.90. The molecule has 0 aromatic rings. The third kappa shape index (κ3) is 1.70. The van der Waals surface area contributed by atoms with Crippen LogP contribution in [0.2, 0.25) is 0 Å². The highest BCUT2D eigenvalue weighted by molar-refractivity contribution is 5.83. The standard InChI is InChI=1S/C7H15N3O/c1-7(4-8-5-7)6(11)9-10(2)3/h8H,4-5H2,1-3H3,(H,9,11). The molecule has 0 radical (unpaired) electrons. The van der Waals surface area contributed by atoms with Crippen LogP contribution in [0.1, 0.15) is 6.92 Å². The van der Waals surface area contributed by atoms with Gasteiger partial charge in [0.15, 0.2) is 0 Å². The van der Waals surface area contributed by atoms with Crippen LogP contribution in [-0.4, -0.2) is 38.1 Å². The van der Waals surface area contributed by atoms with Gasteiger partial charge >= 0.3 is 0 Å². The van der Waals surface area contributed by atoms with Crippen LogP contribution in [0.5, 0.6) is 0 Å². The van der Waals surface area contributed by atoms with Gasteiger partial charge in [-0.3, -0.25) is 10.2 Å². The number of rotatable bonds is 2. The number of hydrogen-bond acceptors (Lipinski definition) is 3. The summed E-state index contributed by atoms with van der Waals surface area (Å²) < 4.78 is 0. The van der Waals surface area contributed by atoms with Gasteiger partial charge < -0.3 is 5.32 Å². The molecule has 1 rings (SSSR count). The topological polar surface area (TPSA) is 44.4 Å². The van der Waals surface area contributed by atoms with Crippen molar-refractivity contribution in [2.75, 3.05) is 27.2 Å². The molecule has 11 heavy (non-hydrogen) atoms. The highest BCUT2D eigenvalue weighted by Gasteiger charge is 2.39. The zero-order chi connectivity index (χ0) is 8.48. The van der Waals surface area contributed by atoms with Gasteiger partial charge in [-0.2, -0.15) is 0 Å². The Morgan fingerprint density at radius 3 is 2.36 bits per heavy atom. The molecule has 1 fully saturated rings. The SMILES string of the molecule is CN(C)NC(=O)C1(C)CNC1. The van der Waals surface area contributed by atoms with Crippen molar-refractivity contribution in [2.45, 2.75) is 6.92 Å². The van der Waals surface area contributed by atoms with Crippen LogP contribution >= 0.6 is 0 Å². The lowest BCUT2D eigenvalue weighted by Gasteiger charge is -2.38. The first-order valence-corrected chi connectivity index (χ1v) is 3.74. The molecule has 1 aliphatic rings. The Morgan fingerprint density at radius 1 is 1.55 bits per heavy atom. The maximum absolute atomic E-state index is 11.4. The number of hydrogen-bond donors (Lipinski definition) is 2. The van der Waals surface area contributed by atoms with E-state index < -0.39 is 0 Å². The fourth-order valence-corrected chi connectivity index (χ4v) is 0.999. The molecule has 0 atom stereocenters. The Bertz CT molecular complexity index is 163. The van der Waals surface area contributed by atoms with Gasteiger partial charge in [-0.1, -0.05) is 0 Å². The van der Waals surface area contributed by atoms with Crippen LogP contribution in [0.3, 0.4) is 0 Å². The van der Waals surface area contributed by atoms with Crippen LogP contribution in [0.4, 0.5) is 0 Å². The molecular weight excluding hydrogens is 142 g/mol. The minimum absolute atomic E-state index is 0.0984. The van der Waals surface area contributed by atoms with Gasteiger partial charge in [0, 0.05) is 27.2 Å². The van der Waals surface area contributed by atoms with Crippen molar-refractivity contribution < 1.29 is 4.79 Å². The quantitative estimate of drug-likeness (QED) is 0.515. The van der Waals surface area contributed by atoms with E-state index in [-0.39, 0.29) is 11.3 Å². The van der Waals surface area contributed by atoms with Gasteiger partial charge in [-0.05, 0) is 6.92 Å². The highest BCUT2D eigenvalue weighted by atomic mass is 16.2. The first kappa shape index (κ1) is 8.49. The van der Waals surface area contributed by atoms with E-state index in [0.29, 0.717) is 0 Å². The van der Waals surface area contributed by atoms with Crippen molar-refractivity contribution in [1.82, 2.24) is 15.8 Å². The van der Waals surface area contributed by atoms with Crippen LogP contribution in [0, 0.1) is 5.41 Å². The molecule has 0 unspecified atom stereocenters. The van der Waals surface area contributed by atoms with Crippen LogP contribution < -0.4 is 10.7 Å². The summed E-state index contributed by atoms with van der Waals surface area (Å²) in [6.45, 7) is 3.53. The zero-order valence-corrected chi connectivity index (χ0v) is 7.27. The van der Waals surface area contributed by atoms with Crippen molar-refractivity contribution in [1.29, 1.82) is 0 Å². The predicted octanol–water partition coefficient (Wildman–Crippen LogP) is -0.811. The van der Waals surface area contributed by atoms with Crippen LogP contribution in [0.25, 0.3) is 0 Å². The molecular formula is C7H15N3O. The molecule has 4 heteroatoms. The summed E-state index contributed by atoms with van der Waals surface area (Å²) in [6.07, 6.45) is 0. The van der Waals surface area contributed by atoms with Crippen molar-refractivity contribution in [3.63, 3.8) is 0 Å². The summed E-state index contributed by atoms with van der Waals surface area (Å²) in [5.74, 6) is 0.0984. The van der Waals surface area contributed by atoms with Crippen molar-refractivity contribution in [2.24, 2.45) is 5.41 Å². The molecule has 0 bridgehead atoms. The number of hydrazine groups is 1. The molecule has 0 aromatic heterocycles. The lowest BCUT2D eigenvalue weighted by atomic mass is 9.83. The maximum Gasteiger partial charge on any atom is 0.242 e. The predicted molar refractivity (Wildman–Crippen MR) is 42.8 cm³/mol.